The van der Waals surface area contributed by atoms with E-state index in [4.69, 9.17) is 9.47 Å². The Morgan fingerprint density at radius 2 is 2.00 bits per heavy atom. The second-order valence-electron chi connectivity index (χ2n) is 3.96. The lowest BCUT2D eigenvalue weighted by Gasteiger charge is -2.12. The van der Waals surface area contributed by atoms with Crippen LogP contribution in [0.25, 0.3) is 0 Å². The third kappa shape index (κ3) is 2.06. The van der Waals surface area contributed by atoms with Gasteiger partial charge in [0.1, 0.15) is 0 Å². The summed E-state index contributed by atoms with van der Waals surface area (Å²) in [5.74, 6) is 0. The van der Waals surface area contributed by atoms with Crippen LogP contribution in [0.4, 0.5) is 0 Å². The van der Waals surface area contributed by atoms with Crippen LogP contribution in [0.2, 0.25) is 0 Å². The first kappa shape index (κ1) is 10.7. The molecule has 1 aromatic rings. The predicted molar refractivity (Wildman–Crippen MR) is 59.5 cm³/mol. The molecule has 0 aliphatic carbocycles. The van der Waals surface area contributed by atoms with E-state index in [1.54, 1.807) is 7.11 Å². The van der Waals surface area contributed by atoms with E-state index in [2.05, 4.69) is 25.1 Å². The SMILES string of the molecule is CCCCC1OC(OC)c2ccccc21. The molecule has 0 aromatic heterocycles. The van der Waals surface area contributed by atoms with Crippen molar-refractivity contribution in [3.05, 3.63) is 35.4 Å². The van der Waals surface area contributed by atoms with Gasteiger partial charge in [0.2, 0.25) is 0 Å². The van der Waals surface area contributed by atoms with E-state index >= 15 is 0 Å². The first-order valence-electron chi connectivity index (χ1n) is 5.64. The summed E-state index contributed by atoms with van der Waals surface area (Å²) in [6.45, 7) is 2.20. The van der Waals surface area contributed by atoms with Crippen LogP contribution >= 0.6 is 0 Å². The summed E-state index contributed by atoms with van der Waals surface area (Å²) in [6, 6.07) is 8.35. The Labute approximate surface area is 91.2 Å². The molecule has 0 saturated heterocycles. The molecule has 2 rings (SSSR count). The van der Waals surface area contributed by atoms with Crippen molar-refractivity contribution in [3.8, 4) is 0 Å². The highest BCUT2D eigenvalue weighted by Crippen LogP contribution is 2.41. The minimum Gasteiger partial charge on any atom is -0.352 e. The van der Waals surface area contributed by atoms with Crippen molar-refractivity contribution in [2.24, 2.45) is 0 Å². The van der Waals surface area contributed by atoms with Crippen LogP contribution < -0.4 is 0 Å². The van der Waals surface area contributed by atoms with Crippen LogP contribution in [-0.4, -0.2) is 7.11 Å². The molecule has 1 aliphatic rings. The first-order chi connectivity index (χ1) is 7.36. The highest BCUT2D eigenvalue weighted by Gasteiger charge is 2.30. The standard InChI is InChI=1S/C13H18O2/c1-3-4-9-12-10-7-5-6-8-11(10)13(14-2)15-12/h5-8,12-13H,3-4,9H2,1-2H3. The number of hydrogen-bond acceptors (Lipinski definition) is 2. The molecule has 1 aromatic carbocycles. The second-order valence-corrected chi connectivity index (χ2v) is 3.96. The van der Waals surface area contributed by atoms with Crippen molar-refractivity contribution in [2.45, 2.75) is 38.6 Å². The number of rotatable bonds is 4. The highest BCUT2D eigenvalue weighted by molar-refractivity contribution is 5.33. The molecule has 0 saturated carbocycles. The van der Waals surface area contributed by atoms with Crippen molar-refractivity contribution < 1.29 is 9.47 Å². The third-order valence-electron chi connectivity index (χ3n) is 2.92. The number of benzene rings is 1. The lowest BCUT2D eigenvalue weighted by atomic mass is 10.0. The molecule has 1 heterocycles. The summed E-state index contributed by atoms with van der Waals surface area (Å²) < 4.78 is 11.2. The van der Waals surface area contributed by atoms with E-state index in [0.717, 1.165) is 6.42 Å². The van der Waals surface area contributed by atoms with Crippen LogP contribution in [0.1, 0.15) is 49.7 Å². The van der Waals surface area contributed by atoms with Gasteiger partial charge in [-0.1, -0.05) is 44.0 Å². The Morgan fingerprint density at radius 1 is 1.27 bits per heavy atom. The molecule has 0 spiro atoms. The van der Waals surface area contributed by atoms with E-state index < -0.39 is 0 Å². The smallest absolute Gasteiger partial charge is 0.184 e. The molecule has 2 nitrogen and oxygen atoms in total. The molecule has 2 unspecified atom stereocenters. The minimum atomic E-state index is -0.164. The largest absolute Gasteiger partial charge is 0.352 e. The maximum Gasteiger partial charge on any atom is 0.184 e. The summed E-state index contributed by atoms with van der Waals surface area (Å²) in [7, 11) is 1.70. The molecule has 82 valence electrons. The number of unbranched alkanes of at least 4 members (excludes halogenated alkanes) is 1. The Morgan fingerprint density at radius 3 is 2.67 bits per heavy atom. The fourth-order valence-corrected chi connectivity index (χ4v) is 2.11. The quantitative estimate of drug-likeness (QED) is 0.749. The number of fused-ring (bicyclic) bond motifs is 1. The van der Waals surface area contributed by atoms with Gasteiger partial charge in [-0.15, -0.1) is 0 Å². The van der Waals surface area contributed by atoms with Crippen molar-refractivity contribution in [2.75, 3.05) is 7.11 Å². The Balaban J connectivity index is 2.18. The summed E-state index contributed by atoms with van der Waals surface area (Å²) >= 11 is 0. The van der Waals surface area contributed by atoms with E-state index in [1.807, 2.05) is 6.07 Å². The van der Waals surface area contributed by atoms with Crippen molar-refractivity contribution in [1.29, 1.82) is 0 Å². The van der Waals surface area contributed by atoms with Gasteiger partial charge in [0.05, 0.1) is 6.10 Å². The van der Waals surface area contributed by atoms with Crippen LogP contribution in [0.5, 0.6) is 0 Å². The lowest BCUT2D eigenvalue weighted by Crippen LogP contribution is -2.00. The Bertz CT molecular complexity index is 322. The molecule has 1 aliphatic heterocycles. The molecule has 0 amide bonds. The summed E-state index contributed by atoms with van der Waals surface area (Å²) in [6.07, 6.45) is 3.57. The second kappa shape index (κ2) is 4.77. The number of methoxy groups -OCH3 is 1. The van der Waals surface area contributed by atoms with Gasteiger partial charge in [-0.05, 0) is 12.0 Å². The molecular weight excluding hydrogens is 188 g/mol. The maximum atomic E-state index is 5.86. The van der Waals surface area contributed by atoms with Gasteiger partial charge in [-0.25, -0.2) is 0 Å². The Kier molecular flexibility index (Phi) is 3.39. The van der Waals surface area contributed by atoms with Crippen LogP contribution in [0.15, 0.2) is 24.3 Å². The van der Waals surface area contributed by atoms with Crippen molar-refractivity contribution in [3.63, 3.8) is 0 Å². The molecule has 2 heteroatoms. The van der Waals surface area contributed by atoms with Gasteiger partial charge in [-0.3, -0.25) is 0 Å². The number of ether oxygens (including phenoxy) is 2. The fourth-order valence-electron chi connectivity index (χ4n) is 2.11. The average molecular weight is 206 g/mol. The van der Waals surface area contributed by atoms with E-state index in [-0.39, 0.29) is 12.4 Å². The first-order valence-corrected chi connectivity index (χ1v) is 5.64. The topological polar surface area (TPSA) is 18.5 Å². The Hall–Kier alpha value is -0.860. The van der Waals surface area contributed by atoms with Crippen molar-refractivity contribution >= 4 is 0 Å². The molecular formula is C13H18O2. The van der Waals surface area contributed by atoms with Gasteiger partial charge in [-0.2, -0.15) is 0 Å². The zero-order valence-corrected chi connectivity index (χ0v) is 9.40. The lowest BCUT2D eigenvalue weighted by molar-refractivity contribution is -0.144. The summed E-state index contributed by atoms with van der Waals surface area (Å²) in [4.78, 5) is 0. The van der Waals surface area contributed by atoms with Gasteiger partial charge in [0.25, 0.3) is 0 Å². The van der Waals surface area contributed by atoms with E-state index in [0.29, 0.717) is 0 Å². The normalized spacial score (nSPS) is 24.1. The van der Waals surface area contributed by atoms with Crippen LogP contribution in [-0.2, 0) is 9.47 Å². The zero-order valence-electron chi connectivity index (χ0n) is 9.40. The molecule has 15 heavy (non-hydrogen) atoms. The van der Waals surface area contributed by atoms with Crippen LogP contribution in [0.3, 0.4) is 0 Å². The summed E-state index contributed by atoms with van der Waals surface area (Å²) in [5, 5.41) is 0. The van der Waals surface area contributed by atoms with E-state index in [1.165, 1.54) is 24.0 Å². The van der Waals surface area contributed by atoms with Gasteiger partial charge in [0.15, 0.2) is 6.29 Å². The number of hydrogen-bond donors (Lipinski definition) is 0. The van der Waals surface area contributed by atoms with E-state index in [9.17, 15) is 0 Å². The highest BCUT2D eigenvalue weighted by atomic mass is 16.7. The molecule has 0 bridgehead atoms. The van der Waals surface area contributed by atoms with Crippen LogP contribution in [0, 0.1) is 0 Å². The van der Waals surface area contributed by atoms with Crippen molar-refractivity contribution in [1.82, 2.24) is 0 Å². The molecule has 2 atom stereocenters. The molecule has 0 radical (unpaired) electrons. The molecule has 0 N–H and O–H groups in total. The monoisotopic (exact) mass is 206 g/mol. The van der Waals surface area contributed by atoms with Gasteiger partial charge < -0.3 is 9.47 Å². The fraction of sp³-hybridized carbons (Fsp3) is 0.538. The van der Waals surface area contributed by atoms with Gasteiger partial charge in [0, 0.05) is 12.7 Å². The van der Waals surface area contributed by atoms with Gasteiger partial charge >= 0.3 is 0 Å². The third-order valence-corrected chi connectivity index (χ3v) is 2.92. The average Bonchev–Trinajstić information content (AvgIpc) is 2.65. The maximum absolute atomic E-state index is 5.86. The predicted octanol–water partition coefficient (Wildman–Crippen LogP) is 3.59. The minimum absolute atomic E-state index is 0.164. The summed E-state index contributed by atoms with van der Waals surface area (Å²) in [5.41, 5.74) is 2.50. The molecule has 0 fully saturated rings. The zero-order chi connectivity index (χ0) is 10.7.